The maximum absolute atomic E-state index is 10.9. The standard InChI is InChI=1S/C19H19ClN8O2/c20-13-11-2-1-7-22-17(11)26-15(13)14-12-16(21)23-8-24-18(12)28(27-14)10-5-3-9(4-6-10)25-19(29)30/h1-2,7-10,25H,3-6H2,(H,22,26)(H,29,30)(H2,21,23,24)/t9-,10+. The predicted octanol–water partition coefficient (Wildman–Crippen LogP) is 3.36. The second kappa shape index (κ2) is 7.13. The Morgan fingerprint density at radius 3 is 2.80 bits per heavy atom. The molecule has 1 saturated carbocycles. The summed E-state index contributed by atoms with van der Waals surface area (Å²) in [5, 5.41) is 18.3. The molecule has 10 nitrogen and oxygen atoms in total. The van der Waals surface area contributed by atoms with Crippen LogP contribution in [0.15, 0.2) is 24.7 Å². The van der Waals surface area contributed by atoms with Gasteiger partial charge in [0.05, 0.1) is 22.1 Å². The molecule has 30 heavy (non-hydrogen) atoms. The number of pyridine rings is 1. The summed E-state index contributed by atoms with van der Waals surface area (Å²) in [7, 11) is 0. The highest BCUT2D eigenvalue weighted by molar-refractivity contribution is 6.38. The summed E-state index contributed by atoms with van der Waals surface area (Å²) in [6.07, 6.45) is 5.12. The second-order valence-corrected chi connectivity index (χ2v) is 7.80. The van der Waals surface area contributed by atoms with E-state index in [2.05, 4.69) is 25.3 Å². The fraction of sp³-hybridized carbons (Fsp3) is 0.316. The number of rotatable bonds is 3. The van der Waals surface area contributed by atoms with Crippen molar-refractivity contribution in [3.05, 3.63) is 29.7 Å². The van der Waals surface area contributed by atoms with Gasteiger partial charge in [-0.1, -0.05) is 11.6 Å². The minimum atomic E-state index is -0.993. The molecule has 11 heteroatoms. The van der Waals surface area contributed by atoms with Crippen molar-refractivity contribution in [2.24, 2.45) is 0 Å². The van der Waals surface area contributed by atoms with Gasteiger partial charge >= 0.3 is 6.09 Å². The molecule has 1 aliphatic rings. The quantitative estimate of drug-likeness (QED) is 0.392. The van der Waals surface area contributed by atoms with Crippen LogP contribution < -0.4 is 11.1 Å². The van der Waals surface area contributed by atoms with Gasteiger partial charge in [0.25, 0.3) is 0 Å². The lowest BCUT2D eigenvalue weighted by atomic mass is 9.91. The Balaban J connectivity index is 1.59. The summed E-state index contributed by atoms with van der Waals surface area (Å²) >= 11 is 6.64. The first-order chi connectivity index (χ1) is 14.5. The molecule has 4 aromatic heterocycles. The van der Waals surface area contributed by atoms with Crippen molar-refractivity contribution in [3.63, 3.8) is 0 Å². The summed E-state index contributed by atoms with van der Waals surface area (Å²) < 4.78 is 1.87. The number of aromatic nitrogens is 6. The third kappa shape index (κ3) is 3.00. The van der Waals surface area contributed by atoms with Gasteiger partial charge < -0.3 is 21.1 Å². The molecule has 5 N–H and O–H groups in total. The van der Waals surface area contributed by atoms with E-state index in [0.29, 0.717) is 38.9 Å². The fourth-order valence-electron chi connectivity index (χ4n) is 4.22. The number of anilines is 1. The summed E-state index contributed by atoms with van der Waals surface area (Å²) in [6.45, 7) is 0. The maximum Gasteiger partial charge on any atom is 0.404 e. The van der Waals surface area contributed by atoms with Crippen LogP contribution in [0.1, 0.15) is 31.7 Å². The van der Waals surface area contributed by atoms with Crippen LogP contribution in [-0.4, -0.2) is 47.0 Å². The molecule has 1 fully saturated rings. The maximum atomic E-state index is 10.9. The normalized spacial score (nSPS) is 19.4. The number of hydrogen-bond acceptors (Lipinski definition) is 6. The number of hydrogen-bond donors (Lipinski definition) is 4. The van der Waals surface area contributed by atoms with Crippen LogP contribution in [0.25, 0.3) is 33.5 Å². The van der Waals surface area contributed by atoms with Crippen LogP contribution in [0.4, 0.5) is 10.6 Å². The van der Waals surface area contributed by atoms with Gasteiger partial charge in [0.15, 0.2) is 5.65 Å². The van der Waals surface area contributed by atoms with Gasteiger partial charge in [0.2, 0.25) is 0 Å². The molecule has 4 aromatic rings. The Kier molecular flexibility index (Phi) is 4.43. The molecule has 0 atom stereocenters. The number of carbonyl (C=O) groups is 1. The number of aromatic amines is 1. The molecule has 0 unspecified atom stereocenters. The van der Waals surface area contributed by atoms with Crippen molar-refractivity contribution >= 4 is 45.6 Å². The first-order valence-corrected chi connectivity index (χ1v) is 10.0. The molecule has 4 heterocycles. The number of fused-ring (bicyclic) bond motifs is 2. The van der Waals surface area contributed by atoms with Crippen molar-refractivity contribution in [2.75, 3.05) is 5.73 Å². The Bertz CT molecular complexity index is 1260. The third-order valence-corrected chi connectivity index (χ3v) is 6.02. The van der Waals surface area contributed by atoms with E-state index in [0.717, 1.165) is 31.1 Å². The van der Waals surface area contributed by atoms with Gasteiger partial charge in [-0.3, -0.25) is 0 Å². The summed E-state index contributed by atoms with van der Waals surface area (Å²) in [5.41, 5.74) is 8.71. The first kappa shape index (κ1) is 18.6. The Morgan fingerprint density at radius 1 is 1.27 bits per heavy atom. The van der Waals surface area contributed by atoms with Crippen LogP contribution in [0.3, 0.4) is 0 Å². The molecule has 1 amide bonds. The van der Waals surface area contributed by atoms with E-state index in [-0.39, 0.29) is 12.1 Å². The summed E-state index contributed by atoms with van der Waals surface area (Å²) in [6, 6.07) is 3.74. The highest BCUT2D eigenvalue weighted by Gasteiger charge is 2.28. The molecule has 154 valence electrons. The Morgan fingerprint density at radius 2 is 2.07 bits per heavy atom. The number of nitrogens with zero attached hydrogens (tertiary/aromatic N) is 5. The van der Waals surface area contributed by atoms with E-state index in [4.69, 9.17) is 27.5 Å². The number of carboxylic acid groups (broad SMARTS) is 1. The lowest BCUT2D eigenvalue weighted by Crippen LogP contribution is -2.37. The molecule has 0 aromatic carbocycles. The van der Waals surface area contributed by atoms with Crippen molar-refractivity contribution in [1.29, 1.82) is 0 Å². The number of nitrogens with one attached hydrogen (secondary N) is 2. The van der Waals surface area contributed by atoms with Gasteiger partial charge in [0, 0.05) is 17.6 Å². The van der Waals surface area contributed by atoms with E-state index in [1.165, 1.54) is 6.33 Å². The zero-order chi connectivity index (χ0) is 20.8. The van der Waals surface area contributed by atoms with Crippen LogP contribution in [-0.2, 0) is 0 Å². The van der Waals surface area contributed by atoms with Gasteiger partial charge in [-0.25, -0.2) is 24.4 Å². The van der Waals surface area contributed by atoms with E-state index in [9.17, 15) is 4.79 Å². The highest BCUT2D eigenvalue weighted by Crippen LogP contribution is 2.39. The molecule has 0 spiro atoms. The first-order valence-electron chi connectivity index (χ1n) is 9.63. The summed E-state index contributed by atoms with van der Waals surface area (Å²) in [4.78, 5) is 27.1. The predicted molar refractivity (Wildman–Crippen MR) is 112 cm³/mol. The lowest BCUT2D eigenvalue weighted by Gasteiger charge is -2.28. The van der Waals surface area contributed by atoms with Crippen LogP contribution >= 0.6 is 11.6 Å². The molecule has 1 aliphatic carbocycles. The van der Waals surface area contributed by atoms with E-state index in [1.54, 1.807) is 6.20 Å². The van der Waals surface area contributed by atoms with E-state index >= 15 is 0 Å². The van der Waals surface area contributed by atoms with E-state index in [1.807, 2.05) is 16.8 Å². The topological polar surface area (TPSA) is 148 Å². The number of nitrogen functional groups attached to an aromatic ring is 1. The number of nitrogens with two attached hydrogens (primary N) is 1. The minimum Gasteiger partial charge on any atom is -0.465 e. The van der Waals surface area contributed by atoms with Gasteiger partial charge in [-0.2, -0.15) is 5.10 Å². The third-order valence-electron chi connectivity index (χ3n) is 5.63. The Labute approximate surface area is 175 Å². The average Bonchev–Trinajstić information content (AvgIpc) is 3.28. The van der Waals surface area contributed by atoms with Crippen molar-refractivity contribution in [3.8, 4) is 11.4 Å². The molecule has 0 radical (unpaired) electrons. The summed E-state index contributed by atoms with van der Waals surface area (Å²) in [5.74, 6) is 0.324. The van der Waals surface area contributed by atoms with Gasteiger partial charge in [0.1, 0.15) is 23.5 Å². The van der Waals surface area contributed by atoms with Crippen LogP contribution in [0, 0.1) is 0 Å². The molecule has 5 rings (SSSR count). The molecule has 0 aliphatic heterocycles. The fourth-order valence-corrected chi connectivity index (χ4v) is 4.51. The average molecular weight is 427 g/mol. The van der Waals surface area contributed by atoms with Crippen LogP contribution in [0.5, 0.6) is 0 Å². The van der Waals surface area contributed by atoms with E-state index < -0.39 is 6.09 Å². The SMILES string of the molecule is Nc1ncnc2c1c(-c1[nH]c3ncccc3c1Cl)nn2[C@H]1CC[C@@H](NC(=O)O)CC1. The van der Waals surface area contributed by atoms with Crippen molar-refractivity contribution < 1.29 is 9.90 Å². The second-order valence-electron chi connectivity index (χ2n) is 7.42. The Hall–Kier alpha value is -3.40. The molecular formula is C19H19ClN8O2. The monoisotopic (exact) mass is 426 g/mol. The highest BCUT2D eigenvalue weighted by atomic mass is 35.5. The number of halogens is 1. The molecule has 0 bridgehead atoms. The van der Waals surface area contributed by atoms with Crippen molar-refractivity contribution in [1.82, 2.24) is 35.0 Å². The minimum absolute atomic E-state index is 0.0473. The zero-order valence-corrected chi connectivity index (χ0v) is 16.6. The largest absolute Gasteiger partial charge is 0.465 e. The van der Waals surface area contributed by atoms with Gasteiger partial charge in [-0.05, 0) is 37.8 Å². The smallest absolute Gasteiger partial charge is 0.404 e. The van der Waals surface area contributed by atoms with Crippen molar-refractivity contribution in [2.45, 2.75) is 37.8 Å². The molecular weight excluding hydrogens is 408 g/mol. The molecule has 0 saturated heterocycles. The van der Waals surface area contributed by atoms with Gasteiger partial charge in [-0.15, -0.1) is 0 Å². The lowest BCUT2D eigenvalue weighted by molar-refractivity contribution is 0.182. The zero-order valence-electron chi connectivity index (χ0n) is 15.8. The van der Waals surface area contributed by atoms with Crippen LogP contribution in [0.2, 0.25) is 5.02 Å². The number of amides is 1. The number of H-pyrrole nitrogens is 1.